The lowest BCUT2D eigenvalue weighted by atomic mass is 10.1. The van der Waals surface area contributed by atoms with E-state index in [2.05, 4.69) is 27.7 Å². The summed E-state index contributed by atoms with van der Waals surface area (Å²) in [6.07, 6.45) is 6.28. The van der Waals surface area contributed by atoms with Crippen molar-refractivity contribution in [3.8, 4) is 5.75 Å². The maximum Gasteiger partial charge on any atom is 0.315 e. The Morgan fingerprint density at radius 3 is 2.68 bits per heavy atom. The molecule has 136 valence electrons. The summed E-state index contributed by atoms with van der Waals surface area (Å²) < 4.78 is 5.31. The Morgan fingerprint density at radius 2 is 2.00 bits per heavy atom. The molecule has 1 aromatic carbocycles. The van der Waals surface area contributed by atoms with E-state index in [1.54, 1.807) is 7.11 Å². The molecule has 2 aliphatic carbocycles. The molecular formula is C20H29N3O2. The van der Waals surface area contributed by atoms with Gasteiger partial charge in [0.15, 0.2) is 0 Å². The van der Waals surface area contributed by atoms with E-state index in [0.717, 1.165) is 43.6 Å². The van der Waals surface area contributed by atoms with Gasteiger partial charge in [0, 0.05) is 37.4 Å². The van der Waals surface area contributed by atoms with Crippen LogP contribution in [-0.4, -0.2) is 38.8 Å². The average Bonchev–Trinajstić information content (AvgIpc) is 3.56. The van der Waals surface area contributed by atoms with Crippen LogP contribution in [0.1, 0.15) is 32.1 Å². The van der Waals surface area contributed by atoms with Crippen LogP contribution in [0.15, 0.2) is 24.3 Å². The first-order valence-corrected chi connectivity index (χ1v) is 9.66. The third-order valence-corrected chi connectivity index (χ3v) is 5.81. The number of ether oxygens (including phenoxy) is 1. The highest BCUT2D eigenvalue weighted by Gasteiger charge is 2.42. The summed E-state index contributed by atoms with van der Waals surface area (Å²) in [6.45, 7) is 2.78. The van der Waals surface area contributed by atoms with Crippen LogP contribution in [0.25, 0.3) is 0 Å². The lowest BCUT2D eigenvalue weighted by Crippen LogP contribution is -2.45. The van der Waals surface area contributed by atoms with Gasteiger partial charge < -0.3 is 20.3 Å². The molecule has 3 aliphatic rings. The molecule has 2 N–H and O–H groups in total. The van der Waals surface area contributed by atoms with Gasteiger partial charge in [-0.15, -0.1) is 0 Å². The van der Waals surface area contributed by atoms with Crippen molar-refractivity contribution in [2.24, 2.45) is 17.8 Å². The molecule has 0 bridgehead atoms. The van der Waals surface area contributed by atoms with Crippen LogP contribution < -0.4 is 20.3 Å². The normalized spacial score (nSPS) is 23.0. The molecule has 2 saturated carbocycles. The number of nitrogens with one attached hydrogen (secondary N) is 2. The van der Waals surface area contributed by atoms with Crippen molar-refractivity contribution in [2.45, 2.75) is 38.1 Å². The van der Waals surface area contributed by atoms with E-state index < -0.39 is 0 Å². The zero-order valence-corrected chi connectivity index (χ0v) is 15.0. The number of benzene rings is 1. The molecule has 0 spiro atoms. The van der Waals surface area contributed by atoms with Crippen LogP contribution in [0.4, 0.5) is 10.5 Å². The highest BCUT2D eigenvalue weighted by Crippen LogP contribution is 2.44. The van der Waals surface area contributed by atoms with E-state index in [-0.39, 0.29) is 6.03 Å². The predicted molar refractivity (Wildman–Crippen MR) is 99.1 cm³/mol. The van der Waals surface area contributed by atoms with Crippen molar-refractivity contribution in [1.82, 2.24) is 10.6 Å². The van der Waals surface area contributed by atoms with Crippen molar-refractivity contribution in [3.05, 3.63) is 24.3 Å². The maximum absolute atomic E-state index is 12.3. The molecule has 3 fully saturated rings. The van der Waals surface area contributed by atoms with Gasteiger partial charge in [-0.1, -0.05) is 6.07 Å². The molecule has 1 aromatic rings. The smallest absolute Gasteiger partial charge is 0.315 e. The summed E-state index contributed by atoms with van der Waals surface area (Å²) in [5.74, 6) is 2.89. The van der Waals surface area contributed by atoms with E-state index in [1.165, 1.54) is 31.4 Å². The zero-order valence-electron chi connectivity index (χ0n) is 15.0. The minimum atomic E-state index is 0.0311. The molecule has 1 unspecified atom stereocenters. The van der Waals surface area contributed by atoms with E-state index in [9.17, 15) is 4.79 Å². The molecule has 1 heterocycles. The van der Waals surface area contributed by atoms with Crippen LogP contribution in [-0.2, 0) is 0 Å². The molecule has 1 saturated heterocycles. The quantitative estimate of drug-likeness (QED) is 0.800. The number of methoxy groups -OCH3 is 1. The van der Waals surface area contributed by atoms with Crippen molar-refractivity contribution in [3.63, 3.8) is 0 Å². The number of carbonyl (C=O) groups is 1. The standard InChI is InChI=1S/C20H29N3O2/c1-25-18-4-2-3-17(11-18)23-10-9-14(13-23)12-21-20(24)22-19(15-5-6-15)16-7-8-16/h2-4,11,14-16,19H,5-10,12-13H2,1H3,(H2,21,22,24). The molecule has 1 atom stereocenters. The highest BCUT2D eigenvalue weighted by molar-refractivity contribution is 5.74. The summed E-state index contributed by atoms with van der Waals surface area (Å²) in [6, 6.07) is 8.67. The maximum atomic E-state index is 12.3. The van der Waals surface area contributed by atoms with E-state index in [0.29, 0.717) is 12.0 Å². The molecule has 0 aromatic heterocycles. The van der Waals surface area contributed by atoms with Gasteiger partial charge in [0.1, 0.15) is 5.75 Å². The molecule has 2 amide bonds. The van der Waals surface area contributed by atoms with Crippen LogP contribution in [0.3, 0.4) is 0 Å². The number of urea groups is 1. The molecule has 1 aliphatic heterocycles. The first kappa shape index (κ1) is 16.6. The number of carbonyl (C=O) groups excluding carboxylic acids is 1. The fraction of sp³-hybridized carbons (Fsp3) is 0.650. The molecule has 0 radical (unpaired) electrons. The second kappa shape index (κ2) is 7.14. The Bertz CT molecular complexity index is 601. The van der Waals surface area contributed by atoms with Crippen molar-refractivity contribution < 1.29 is 9.53 Å². The second-order valence-corrected chi connectivity index (χ2v) is 7.86. The van der Waals surface area contributed by atoms with Gasteiger partial charge in [-0.25, -0.2) is 4.79 Å². The minimum absolute atomic E-state index is 0.0311. The molecular weight excluding hydrogens is 314 g/mol. The van der Waals surface area contributed by atoms with E-state index >= 15 is 0 Å². The lowest BCUT2D eigenvalue weighted by Gasteiger charge is -2.21. The van der Waals surface area contributed by atoms with E-state index in [1.807, 2.05) is 12.1 Å². The Labute approximate surface area is 150 Å². The van der Waals surface area contributed by atoms with Crippen molar-refractivity contribution >= 4 is 11.7 Å². The largest absolute Gasteiger partial charge is 0.497 e. The number of hydrogen-bond acceptors (Lipinski definition) is 3. The summed E-state index contributed by atoms with van der Waals surface area (Å²) >= 11 is 0. The number of hydrogen-bond donors (Lipinski definition) is 2. The van der Waals surface area contributed by atoms with Crippen LogP contribution >= 0.6 is 0 Å². The van der Waals surface area contributed by atoms with Crippen LogP contribution in [0.5, 0.6) is 5.75 Å². The van der Waals surface area contributed by atoms with Crippen molar-refractivity contribution in [1.29, 1.82) is 0 Å². The monoisotopic (exact) mass is 343 g/mol. The molecule has 4 rings (SSSR count). The lowest BCUT2D eigenvalue weighted by molar-refractivity contribution is 0.231. The Morgan fingerprint density at radius 1 is 1.24 bits per heavy atom. The summed E-state index contributed by atoms with van der Waals surface area (Å²) in [5, 5.41) is 6.36. The molecule has 5 heteroatoms. The number of amides is 2. The minimum Gasteiger partial charge on any atom is -0.497 e. The predicted octanol–water partition coefficient (Wildman–Crippen LogP) is 3.01. The summed E-state index contributed by atoms with van der Waals surface area (Å²) in [4.78, 5) is 14.6. The summed E-state index contributed by atoms with van der Waals surface area (Å²) in [5.41, 5.74) is 1.20. The first-order valence-electron chi connectivity index (χ1n) is 9.66. The van der Waals surface area contributed by atoms with Crippen LogP contribution in [0.2, 0.25) is 0 Å². The molecule has 25 heavy (non-hydrogen) atoms. The Kier molecular flexibility index (Phi) is 4.73. The summed E-state index contributed by atoms with van der Waals surface area (Å²) in [7, 11) is 1.70. The topological polar surface area (TPSA) is 53.6 Å². The number of anilines is 1. The van der Waals surface area contributed by atoms with Gasteiger partial charge in [-0.05, 0) is 62.0 Å². The highest BCUT2D eigenvalue weighted by atomic mass is 16.5. The van der Waals surface area contributed by atoms with Crippen LogP contribution in [0, 0.1) is 17.8 Å². The van der Waals surface area contributed by atoms with E-state index in [4.69, 9.17) is 4.74 Å². The number of nitrogens with zero attached hydrogens (tertiary/aromatic N) is 1. The Hall–Kier alpha value is -1.91. The van der Waals surface area contributed by atoms with Gasteiger partial charge in [-0.3, -0.25) is 0 Å². The van der Waals surface area contributed by atoms with Gasteiger partial charge in [0.25, 0.3) is 0 Å². The zero-order chi connectivity index (χ0) is 17.2. The van der Waals surface area contributed by atoms with Gasteiger partial charge in [-0.2, -0.15) is 0 Å². The first-order chi connectivity index (χ1) is 12.2. The third-order valence-electron chi connectivity index (χ3n) is 5.81. The van der Waals surface area contributed by atoms with Gasteiger partial charge in [0.2, 0.25) is 0 Å². The second-order valence-electron chi connectivity index (χ2n) is 7.86. The molecule has 5 nitrogen and oxygen atoms in total. The van der Waals surface area contributed by atoms with Gasteiger partial charge in [0.05, 0.1) is 7.11 Å². The average molecular weight is 343 g/mol. The Balaban J connectivity index is 1.23. The van der Waals surface area contributed by atoms with Crippen molar-refractivity contribution in [2.75, 3.05) is 31.6 Å². The number of rotatable bonds is 7. The fourth-order valence-corrected chi connectivity index (χ4v) is 4.01. The SMILES string of the molecule is COc1cccc(N2CCC(CNC(=O)NC(C3CC3)C3CC3)C2)c1. The fourth-order valence-electron chi connectivity index (χ4n) is 4.01. The van der Waals surface area contributed by atoms with Gasteiger partial charge >= 0.3 is 6.03 Å². The third kappa shape index (κ3) is 4.20.